The van der Waals surface area contributed by atoms with Gasteiger partial charge in [0.2, 0.25) is 0 Å². The van der Waals surface area contributed by atoms with E-state index in [4.69, 9.17) is 15.9 Å². The Bertz CT molecular complexity index is 102. The Labute approximate surface area is 67.0 Å². The first kappa shape index (κ1) is 13.0. The number of hydrogen-bond acceptors (Lipinski definition) is 3. The zero-order chi connectivity index (χ0) is 9.44. The molecule has 0 aromatic rings. The van der Waals surface area contributed by atoms with E-state index in [2.05, 4.69) is 6.92 Å². The Morgan fingerprint density at radius 1 is 1.55 bits per heavy atom. The van der Waals surface area contributed by atoms with Gasteiger partial charge in [-0.1, -0.05) is 6.92 Å². The molecule has 4 N–H and O–H groups in total. The van der Waals surface area contributed by atoms with Gasteiger partial charge in [-0.2, -0.15) is 0 Å². The van der Waals surface area contributed by atoms with Gasteiger partial charge in [0, 0.05) is 6.04 Å². The summed E-state index contributed by atoms with van der Waals surface area (Å²) in [4.78, 5) is 9.45. The molecule has 0 spiro atoms. The molecule has 0 rings (SSSR count). The molecule has 0 saturated heterocycles. The van der Waals surface area contributed by atoms with Crippen LogP contribution in [0.5, 0.6) is 0 Å². The normalized spacial score (nSPS) is 14.3. The number of aliphatic hydroxyl groups is 1. The Kier molecular flexibility index (Phi) is 8.87. The number of hydrogen-bond donors (Lipinski definition) is 3. The second-order valence-corrected chi connectivity index (χ2v) is 2.40. The van der Waals surface area contributed by atoms with E-state index >= 15 is 0 Å². The van der Waals surface area contributed by atoms with Crippen LogP contribution in [0, 0.1) is 0 Å². The van der Waals surface area contributed by atoms with Crippen LogP contribution in [0.15, 0.2) is 0 Å². The second kappa shape index (κ2) is 7.50. The zero-order valence-electron chi connectivity index (χ0n) is 7.24. The number of aliphatic hydroxyl groups excluding tert-OH is 1. The maximum Gasteiger partial charge on any atom is 0.332 e. The molecule has 0 aromatic carbocycles. The van der Waals surface area contributed by atoms with Crippen molar-refractivity contribution in [2.24, 2.45) is 5.73 Å². The lowest BCUT2D eigenvalue weighted by atomic mass is 10.3. The van der Waals surface area contributed by atoms with Crippen molar-refractivity contribution in [3.8, 4) is 0 Å². The maximum atomic E-state index is 9.45. The van der Waals surface area contributed by atoms with Crippen molar-refractivity contribution in [1.82, 2.24) is 0 Å². The fourth-order valence-corrected chi connectivity index (χ4v) is 0. The van der Waals surface area contributed by atoms with Crippen LogP contribution in [-0.4, -0.2) is 28.3 Å². The van der Waals surface area contributed by atoms with E-state index in [0.29, 0.717) is 6.04 Å². The quantitative estimate of drug-likeness (QED) is 0.542. The van der Waals surface area contributed by atoms with Crippen LogP contribution in [0.1, 0.15) is 27.2 Å². The molecule has 68 valence electrons. The minimum absolute atomic E-state index is 0.384. The van der Waals surface area contributed by atoms with E-state index in [9.17, 15) is 4.79 Å². The first-order valence-electron chi connectivity index (χ1n) is 3.58. The summed E-state index contributed by atoms with van der Waals surface area (Å²) in [5.74, 6) is -1.19. The van der Waals surface area contributed by atoms with Gasteiger partial charge >= 0.3 is 5.97 Å². The number of aliphatic carboxylic acids is 1. The fourth-order valence-electron chi connectivity index (χ4n) is 0. The number of rotatable bonds is 2. The van der Waals surface area contributed by atoms with Crippen LogP contribution in [0.2, 0.25) is 0 Å². The monoisotopic (exact) mass is 163 g/mol. The summed E-state index contributed by atoms with van der Waals surface area (Å²) in [7, 11) is 0. The van der Waals surface area contributed by atoms with Gasteiger partial charge in [-0.15, -0.1) is 0 Å². The topological polar surface area (TPSA) is 83.5 Å². The number of nitrogens with two attached hydrogens (primary N) is 1. The smallest absolute Gasteiger partial charge is 0.332 e. The van der Waals surface area contributed by atoms with E-state index < -0.39 is 12.1 Å². The average Bonchev–Trinajstić information content (AvgIpc) is 1.89. The highest BCUT2D eigenvalue weighted by molar-refractivity contribution is 5.71. The summed E-state index contributed by atoms with van der Waals surface area (Å²) < 4.78 is 0. The van der Waals surface area contributed by atoms with Gasteiger partial charge in [-0.25, -0.2) is 4.79 Å². The van der Waals surface area contributed by atoms with E-state index in [-0.39, 0.29) is 0 Å². The third-order valence-electron chi connectivity index (χ3n) is 1.00. The van der Waals surface area contributed by atoms with Crippen LogP contribution < -0.4 is 5.73 Å². The Morgan fingerprint density at radius 2 is 1.73 bits per heavy atom. The SMILES string of the molecule is CC(O)C(=O)O.CCC(C)N. The molecule has 4 heteroatoms. The molecule has 0 aliphatic rings. The van der Waals surface area contributed by atoms with Crippen molar-refractivity contribution in [3.63, 3.8) is 0 Å². The average molecular weight is 163 g/mol. The Hall–Kier alpha value is -0.610. The number of carbonyl (C=O) groups is 1. The van der Waals surface area contributed by atoms with Crippen molar-refractivity contribution in [1.29, 1.82) is 0 Å². The fraction of sp³-hybridized carbons (Fsp3) is 0.857. The van der Waals surface area contributed by atoms with Crippen molar-refractivity contribution in [2.45, 2.75) is 39.3 Å². The lowest BCUT2D eigenvalue weighted by Crippen LogP contribution is -2.13. The van der Waals surface area contributed by atoms with Crippen LogP contribution in [0.25, 0.3) is 0 Å². The lowest BCUT2D eigenvalue weighted by molar-refractivity contribution is -0.145. The summed E-state index contributed by atoms with van der Waals surface area (Å²) in [6.07, 6.45) is -0.148. The molecule has 4 nitrogen and oxygen atoms in total. The predicted molar refractivity (Wildman–Crippen MR) is 43.3 cm³/mol. The first-order chi connectivity index (χ1) is 4.91. The summed E-state index contributed by atoms with van der Waals surface area (Å²) in [5.41, 5.74) is 5.29. The molecule has 0 saturated carbocycles. The molecule has 0 heterocycles. The van der Waals surface area contributed by atoms with Crippen LogP contribution in [0.4, 0.5) is 0 Å². The predicted octanol–water partition coefficient (Wildman–Crippen LogP) is 0.195. The van der Waals surface area contributed by atoms with Gasteiger partial charge < -0.3 is 15.9 Å². The maximum absolute atomic E-state index is 9.45. The van der Waals surface area contributed by atoms with Gasteiger partial charge in [0.15, 0.2) is 0 Å². The highest BCUT2D eigenvalue weighted by atomic mass is 16.4. The molecule has 0 bridgehead atoms. The molecule has 2 atom stereocenters. The van der Waals surface area contributed by atoms with Gasteiger partial charge in [-0.05, 0) is 20.3 Å². The molecular weight excluding hydrogens is 146 g/mol. The number of carboxylic acids is 1. The molecular formula is C7H17NO3. The van der Waals surface area contributed by atoms with E-state index in [1.54, 1.807) is 0 Å². The molecule has 0 aliphatic carbocycles. The van der Waals surface area contributed by atoms with Gasteiger partial charge in [0.05, 0.1) is 0 Å². The summed E-state index contributed by atoms with van der Waals surface area (Å²) in [5, 5.41) is 15.8. The summed E-state index contributed by atoms with van der Waals surface area (Å²) in [6, 6.07) is 0.384. The van der Waals surface area contributed by atoms with Gasteiger partial charge in [-0.3, -0.25) is 0 Å². The van der Waals surface area contributed by atoms with Crippen LogP contribution in [0.3, 0.4) is 0 Å². The number of carboxylic acid groups (broad SMARTS) is 1. The largest absolute Gasteiger partial charge is 0.479 e. The molecule has 0 aliphatic heterocycles. The Morgan fingerprint density at radius 3 is 1.73 bits per heavy atom. The summed E-state index contributed by atoms with van der Waals surface area (Å²) >= 11 is 0. The van der Waals surface area contributed by atoms with Crippen molar-refractivity contribution in [3.05, 3.63) is 0 Å². The van der Waals surface area contributed by atoms with Gasteiger partial charge in [0.1, 0.15) is 6.10 Å². The minimum atomic E-state index is -1.23. The highest BCUT2D eigenvalue weighted by Crippen LogP contribution is 1.77. The molecule has 0 aromatic heterocycles. The minimum Gasteiger partial charge on any atom is -0.479 e. The molecule has 0 fully saturated rings. The molecule has 2 unspecified atom stereocenters. The third kappa shape index (κ3) is 17.7. The Balaban J connectivity index is 0. The van der Waals surface area contributed by atoms with Crippen LogP contribution in [-0.2, 0) is 4.79 Å². The highest BCUT2D eigenvalue weighted by Gasteiger charge is 2.01. The van der Waals surface area contributed by atoms with Crippen molar-refractivity contribution >= 4 is 5.97 Å². The van der Waals surface area contributed by atoms with Crippen molar-refractivity contribution in [2.75, 3.05) is 0 Å². The van der Waals surface area contributed by atoms with Crippen LogP contribution >= 0.6 is 0 Å². The third-order valence-corrected chi connectivity index (χ3v) is 1.00. The standard InChI is InChI=1S/C4H11N.C3H6O3/c1-3-4(2)5;1-2(4)3(5)6/h4H,3,5H2,1-2H3;2,4H,1H3,(H,5,6). The van der Waals surface area contributed by atoms with E-state index in [1.165, 1.54) is 6.92 Å². The summed E-state index contributed by atoms with van der Waals surface area (Å²) in [6.45, 7) is 5.27. The molecule has 0 radical (unpaired) electrons. The lowest BCUT2D eigenvalue weighted by Gasteiger charge is -1.91. The molecule has 11 heavy (non-hydrogen) atoms. The van der Waals surface area contributed by atoms with E-state index in [0.717, 1.165) is 6.42 Å². The second-order valence-electron chi connectivity index (χ2n) is 2.40. The zero-order valence-corrected chi connectivity index (χ0v) is 7.24. The first-order valence-corrected chi connectivity index (χ1v) is 3.58. The van der Waals surface area contributed by atoms with Gasteiger partial charge in [0.25, 0.3) is 0 Å². The van der Waals surface area contributed by atoms with E-state index in [1.807, 2.05) is 6.92 Å². The van der Waals surface area contributed by atoms with Crippen molar-refractivity contribution < 1.29 is 15.0 Å². The molecule has 0 amide bonds.